The number of benzene rings is 3. The first-order valence-electron chi connectivity index (χ1n) is 11.5. The number of hydrogen-bond acceptors (Lipinski definition) is 4. The predicted octanol–water partition coefficient (Wildman–Crippen LogP) is 6.96. The quantitative estimate of drug-likeness (QED) is 0.332. The fourth-order valence-electron chi connectivity index (χ4n) is 4.27. The van der Waals surface area contributed by atoms with E-state index in [0.29, 0.717) is 16.7 Å². The van der Waals surface area contributed by atoms with Gasteiger partial charge < -0.3 is 9.84 Å². The van der Waals surface area contributed by atoms with Crippen molar-refractivity contribution in [3.05, 3.63) is 106 Å². The Labute approximate surface area is 209 Å². The maximum Gasteiger partial charge on any atom is 0.326 e. The number of nitrogens with one attached hydrogen (secondary N) is 1. The van der Waals surface area contributed by atoms with Crippen LogP contribution in [0.25, 0.3) is 17.0 Å². The summed E-state index contributed by atoms with van der Waals surface area (Å²) in [5.74, 6) is 0.810. The van der Waals surface area contributed by atoms with Crippen LogP contribution in [0.4, 0.5) is 10.5 Å². The van der Waals surface area contributed by atoms with Crippen molar-refractivity contribution in [3.8, 4) is 11.4 Å². The van der Waals surface area contributed by atoms with Crippen molar-refractivity contribution in [1.29, 1.82) is 0 Å². The summed E-state index contributed by atoms with van der Waals surface area (Å²) in [6.45, 7) is 6.04. The number of rotatable bonds is 5. The monoisotopic (exact) mass is 484 g/mol. The molecule has 5 rings (SSSR count). The van der Waals surface area contributed by atoms with Gasteiger partial charge in [-0.25, -0.2) is 4.79 Å². The molecule has 1 aromatic heterocycles. The molecule has 1 atom stereocenters. The lowest BCUT2D eigenvalue weighted by Gasteiger charge is -2.35. The first kappa shape index (κ1) is 22.9. The standard InChI is InChI=1S/C28H25ClN4O2/c1-4-19-7-9-20(10-8-19)25-24(27-31-26(32-35-27)21-11-13-22(29)14-12-21)18(3)33(28(34)30-25)23-15-5-17(2)6-16-23/h5-16,25H,4H2,1-3H3,(H,30,34). The normalized spacial score (nSPS) is 15.9. The lowest BCUT2D eigenvalue weighted by Crippen LogP contribution is -2.46. The second-order valence-corrected chi connectivity index (χ2v) is 9.01. The minimum Gasteiger partial charge on any atom is -0.334 e. The van der Waals surface area contributed by atoms with E-state index in [2.05, 4.69) is 29.5 Å². The van der Waals surface area contributed by atoms with Crippen LogP contribution >= 0.6 is 11.6 Å². The molecule has 176 valence electrons. The number of carbonyl (C=O) groups is 1. The van der Waals surface area contributed by atoms with Crippen LogP contribution < -0.4 is 10.2 Å². The molecule has 0 aliphatic carbocycles. The van der Waals surface area contributed by atoms with E-state index >= 15 is 0 Å². The third-order valence-corrected chi connectivity index (χ3v) is 6.51. The Morgan fingerprint density at radius 2 is 1.66 bits per heavy atom. The van der Waals surface area contributed by atoms with Gasteiger partial charge in [0.1, 0.15) is 0 Å². The molecule has 0 saturated carbocycles. The van der Waals surface area contributed by atoms with Gasteiger partial charge in [0, 0.05) is 16.3 Å². The van der Waals surface area contributed by atoms with Crippen molar-refractivity contribution in [2.75, 3.05) is 4.90 Å². The van der Waals surface area contributed by atoms with Crippen LogP contribution in [0.15, 0.2) is 83.0 Å². The van der Waals surface area contributed by atoms with Gasteiger partial charge in [-0.3, -0.25) is 4.90 Å². The zero-order valence-electron chi connectivity index (χ0n) is 19.7. The number of nitrogens with zero attached hydrogens (tertiary/aromatic N) is 3. The Kier molecular flexibility index (Phi) is 6.14. The maximum absolute atomic E-state index is 13.3. The molecule has 0 radical (unpaired) electrons. The minimum absolute atomic E-state index is 0.211. The van der Waals surface area contributed by atoms with E-state index < -0.39 is 6.04 Å². The number of carbonyl (C=O) groups excluding carboxylic acids is 1. The van der Waals surface area contributed by atoms with Gasteiger partial charge >= 0.3 is 6.03 Å². The van der Waals surface area contributed by atoms with Gasteiger partial charge in [-0.15, -0.1) is 0 Å². The van der Waals surface area contributed by atoms with Crippen LogP contribution in [0.1, 0.15) is 42.5 Å². The summed E-state index contributed by atoms with van der Waals surface area (Å²) < 4.78 is 5.76. The summed E-state index contributed by atoms with van der Waals surface area (Å²) in [6.07, 6.45) is 0.939. The molecule has 0 bridgehead atoms. The van der Waals surface area contributed by atoms with Crippen LogP contribution in [0.5, 0.6) is 0 Å². The van der Waals surface area contributed by atoms with Gasteiger partial charge in [0.15, 0.2) is 0 Å². The summed E-state index contributed by atoms with van der Waals surface area (Å²) in [5, 5.41) is 8.00. The lowest BCUT2D eigenvalue weighted by molar-refractivity contribution is 0.244. The van der Waals surface area contributed by atoms with Crippen molar-refractivity contribution in [2.45, 2.75) is 33.2 Å². The number of amides is 2. The summed E-state index contributed by atoms with van der Waals surface area (Å²) in [6, 6.07) is 22.7. The molecule has 6 nitrogen and oxygen atoms in total. The zero-order chi connectivity index (χ0) is 24.5. The third kappa shape index (κ3) is 4.45. The maximum atomic E-state index is 13.3. The number of aryl methyl sites for hydroxylation is 2. The van der Waals surface area contributed by atoms with Crippen molar-refractivity contribution in [3.63, 3.8) is 0 Å². The average Bonchev–Trinajstić information content (AvgIpc) is 3.35. The smallest absolute Gasteiger partial charge is 0.326 e. The molecule has 1 N–H and O–H groups in total. The molecule has 7 heteroatoms. The highest BCUT2D eigenvalue weighted by atomic mass is 35.5. The summed E-state index contributed by atoms with van der Waals surface area (Å²) in [5.41, 5.74) is 6.33. The topological polar surface area (TPSA) is 71.3 Å². The third-order valence-electron chi connectivity index (χ3n) is 6.26. The molecule has 0 fully saturated rings. The van der Waals surface area contributed by atoms with Crippen LogP contribution in [0, 0.1) is 6.92 Å². The number of allylic oxidation sites excluding steroid dienone is 1. The highest BCUT2D eigenvalue weighted by Crippen LogP contribution is 2.39. The second-order valence-electron chi connectivity index (χ2n) is 8.58. The number of anilines is 1. The van der Waals surface area contributed by atoms with E-state index in [-0.39, 0.29) is 6.03 Å². The van der Waals surface area contributed by atoms with E-state index in [1.807, 2.05) is 62.4 Å². The largest absolute Gasteiger partial charge is 0.334 e. The van der Waals surface area contributed by atoms with Gasteiger partial charge in [-0.05, 0) is 67.8 Å². The highest BCUT2D eigenvalue weighted by Gasteiger charge is 2.36. The van der Waals surface area contributed by atoms with Gasteiger partial charge in [0.25, 0.3) is 5.89 Å². The lowest BCUT2D eigenvalue weighted by atomic mass is 9.93. The van der Waals surface area contributed by atoms with E-state index in [1.165, 1.54) is 5.56 Å². The predicted molar refractivity (Wildman–Crippen MR) is 138 cm³/mol. The fraction of sp³-hybridized carbons (Fsp3) is 0.179. The van der Waals surface area contributed by atoms with Crippen LogP contribution in [-0.4, -0.2) is 16.2 Å². The van der Waals surface area contributed by atoms with Crippen molar-refractivity contribution in [2.24, 2.45) is 0 Å². The Bertz CT molecular complexity index is 1390. The minimum atomic E-state index is -0.436. The molecule has 0 saturated heterocycles. The molecule has 35 heavy (non-hydrogen) atoms. The number of aromatic nitrogens is 2. The number of urea groups is 1. The Balaban J connectivity index is 1.63. The summed E-state index contributed by atoms with van der Waals surface area (Å²) >= 11 is 6.03. The number of halogens is 1. The summed E-state index contributed by atoms with van der Waals surface area (Å²) in [7, 11) is 0. The van der Waals surface area contributed by atoms with Crippen LogP contribution in [0.3, 0.4) is 0 Å². The molecular weight excluding hydrogens is 460 g/mol. The van der Waals surface area contributed by atoms with Gasteiger partial charge in [0.2, 0.25) is 5.82 Å². The van der Waals surface area contributed by atoms with E-state index in [1.54, 1.807) is 17.0 Å². The molecule has 4 aromatic rings. The van der Waals surface area contributed by atoms with Crippen molar-refractivity contribution in [1.82, 2.24) is 15.5 Å². The first-order valence-corrected chi connectivity index (χ1v) is 11.9. The number of hydrogen-bond donors (Lipinski definition) is 1. The molecule has 1 unspecified atom stereocenters. The molecule has 2 amide bonds. The van der Waals surface area contributed by atoms with Crippen LogP contribution in [0.2, 0.25) is 5.02 Å². The Morgan fingerprint density at radius 1 is 0.971 bits per heavy atom. The van der Waals surface area contributed by atoms with E-state index in [0.717, 1.165) is 40.1 Å². The molecular formula is C28H25ClN4O2. The molecule has 1 aliphatic heterocycles. The Hall–Kier alpha value is -3.90. The first-order chi connectivity index (χ1) is 16.9. The molecule has 2 heterocycles. The average molecular weight is 485 g/mol. The van der Waals surface area contributed by atoms with Crippen molar-refractivity contribution < 1.29 is 9.32 Å². The summed E-state index contributed by atoms with van der Waals surface area (Å²) in [4.78, 5) is 19.7. The fourth-order valence-corrected chi connectivity index (χ4v) is 4.40. The van der Waals surface area contributed by atoms with Crippen molar-refractivity contribution >= 4 is 28.9 Å². The highest BCUT2D eigenvalue weighted by molar-refractivity contribution is 6.30. The zero-order valence-corrected chi connectivity index (χ0v) is 20.5. The van der Waals surface area contributed by atoms with E-state index in [9.17, 15) is 4.79 Å². The van der Waals surface area contributed by atoms with Gasteiger partial charge in [0.05, 0.1) is 17.3 Å². The van der Waals surface area contributed by atoms with Gasteiger partial charge in [-0.1, -0.05) is 65.6 Å². The second kappa shape index (κ2) is 9.39. The van der Waals surface area contributed by atoms with Gasteiger partial charge in [-0.2, -0.15) is 4.98 Å². The molecule has 1 aliphatic rings. The SMILES string of the molecule is CCc1ccc(C2NC(=O)N(c3ccc(C)cc3)C(C)=C2c2nc(-c3ccc(Cl)cc3)no2)cc1. The molecule has 3 aromatic carbocycles. The van der Waals surface area contributed by atoms with Crippen LogP contribution in [-0.2, 0) is 6.42 Å². The van der Waals surface area contributed by atoms with E-state index in [4.69, 9.17) is 21.1 Å². The molecule has 0 spiro atoms. The Morgan fingerprint density at radius 3 is 2.31 bits per heavy atom.